The predicted octanol–water partition coefficient (Wildman–Crippen LogP) is -2.65. The highest BCUT2D eigenvalue weighted by Gasteiger charge is 2.20. The molecule has 0 radical (unpaired) electrons. The number of hydrogen-bond donors (Lipinski definition) is 5. The summed E-state index contributed by atoms with van der Waals surface area (Å²) < 4.78 is 0.844. The van der Waals surface area contributed by atoms with Gasteiger partial charge in [0, 0.05) is 0 Å². The minimum atomic E-state index is -1.21. The van der Waals surface area contributed by atoms with Gasteiger partial charge in [-0.25, -0.2) is 0 Å². The number of nitrogens with zero attached hydrogens (tertiary/aromatic N) is 1. The number of rotatable bonds is 5. The van der Waals surface area contributed by atoms with Crippen LogP contribution >= 0.6 is 0 Å². The fourth-order valence-electron chi connectivity index (χ4n) is 0.450. The summed E-state index contributed by atoms with van der Waals surface area (Å²) in [5, 5.41) is 33.4. The highest BCUT2D eigenvalue weighted by Crippen LogP contribution is 1.93. The van der Waals surface area contributed by atoms with Crippen LogP contribution in [-0.4, -0.2) is 84.6 Å². The van der Waals surface area contributed by atoms with Gasteiger partial charge in [-0.2, -0.15) is 0 Å². The SMILES string of the molecule is C[N+](C)(C)CCO.NC(CO)(CO)CO. The minimum absolute atomic E-state index is 0.281. The van der Waals surface area contributed by atoms with Crippen molar-refractivity contribution >= 4 is 0 Å². The molecule has 0 rings (SSSR count). The average molecular weight is 225 g/mol. The number of likely N-dealkylation sites (N-methyl/N-ethyl adjacent to an activating group) is 1. The van der Waals surface area contributed by atoms with Crippen molar-refractivity contribution in [2.45, 2.75) is 5.54 Å². The predicted molar refractivity (Wildman–Crippen MR) is 58.2 cm³/mol. The van der Waals surface area contributed by atoms with Crippen LogP contribution < -0.4 is 5.73 Å². The largest absolute Gasteiger partial charge is 0.394 e. The molecule has 0 aliphatic rings. The first-order chi connectivity index (χ1) is 6.74. The molecule has 0 saturated carbocycles. The lowest BCUT2D eigenvalue weighted by Gasteiger charge is -2.21. The maximum Gasteiger partial charge on any atom is 0.101 e. The van der Waals surface area contributed by atoms with E-state index in [4.69, 9.17) is 26.2 Å². The fraction of sp³-hybridized carbons (Fsp3) is 1.00. The van der Waals surface area contributed by atoms with Gasteiger partial charge in [0.05, 0.1) is 53.1 Å². The summed E-state index contributed by atoms with van der Waals surface area (Å²) in [6, 6.07) is 0. The van der Waals surface area contributed by atoms with Crippen molar-refractivity contribution in [2.24, 2.45) is 5.73 Å². The van der Waals surface area contributed by atoms with E-state index in [1.54, 1.807) is 0 Å². The highest BCUT2D eigenvalue weighted by molar-refractivity contribution is 4.80. The molecule has 0 heterocycles. The Hall–Kier alpha value is -0.240. The van der Waals surface area contributed by atoms with Crippen LogP contribution in [0, 0.1) is 0 Å². The Labute approximate surface area is 91.2 Å². The molecule has 0 aliphatic carbocycles. The Bertz CT molecular complexity index is 135. The second-order valence-electron chi connectivity index (χ2n) is 4.57. The molecular weight excluding hydrogens is 200 g/mol. The zero-order valence-electron chi connectivity index (χ0n) is 9.85. The zero-order valence-corrected chi connectivity index (χ0v) is 9.85. The van der Waals surface area contributed by atoms with Gasteiger partial charge in [0.2, 0.25) is 0 Å². The molecule has 0 spiro atoms. The molecule has 94 valence electrons. The van der Waals surface area contributed by atoms with Crippen molar-refractivity contribution in [2.75, 3.05) is 54.1 Å². The van der Waals surface area contributed by atoms with Gasteiger partial charge in [-0.15, -0.1) is 0 Å². The summed E-state index contributed by atoms with van der Waals surface area (Å²) in [5.41, 5.74) is 3.94. The Balaban J connectivity index is 0. The van der Waals surface area contributed by atoms with Crippen molar-refractivity contribution in [1.82, 2.24) is 0 Å². The summed E-state index contributed by atoms with van der Waals surface area (Å²) >= 11 is 0. The van der Waals surface area contributed by atoms with Crippen LogP contribution in [0.2, 0.25) is 0 Å². The van der Waals surface area contributed by atoms with E-state index in [2.05, 4.69) is 21.1 Å². The topological polar surface area (TPSA) is 107 Å². The third-order valence-electron chi connectivity index (χ3n) is 1.72. The first kappa shape index (κ1) is 17.2. The standard InChI is InChI=1S/C5H14NO.C4H11NO3/c1-6(2,3)4-5-7;5-4(1-6,2-7)3-8/h7H,4-5H2,1-3H3;6-8H,1-3,5H2/q+1;. The van der Waals surface area contributed by atoms with Crippen LogP contribution in [0.1, 0.15) is 0 Å². The molecule has 0 aliphatic heterocycles. The molecule has 0 aromatic heterocycles. The van der Waals surface area contributed by atoms with Gasteiger partial charge in [0.1, 0.15) is 6.54 Å². The van der Waals surface area contributed by atoms with Crippen LogP contribution in [0.25, 0.3) is 0 Å². The maximum absolute atomic E-state index is 8.39. The molecule has 0 saturated heterocycles. The highest BCUT2D eigenvalue weighted by atomic mass is 16.3. The van der Waals surface area contributed by atoms with Crippen molar-refractivity contribution in [3.63, 3.8) is 0 Å². The summed E-state index contributed by atoms with van der Waals surface area (Å²) in [4.78, 5) is 0. The Morgan fingerprint density at radius 3 is 1.27 bits per heavy atom. The van der Waals surface area contributed by atoms with Gasteiger partial charge in [-0.1, -0.05) is 0 Å². The Kier molecular flexibility index (Phi) is 9.13. The third kappa shape index (κ3) is 11.7. The smallest absolute Gasteiger partial charge is 0.101 e. The molecule has 0 bridgehead atoms. The Morgan fingerprint density at radius 1 is 0.933 bits per heavy atom. The summed E-state index contributed by atoms with van der Waals surface area (Å²) in [5.74, 6) is 0. The van der Waals surface area contributed by atoms with Gasteiger partial charge in [0.15, 0.2) is 0 Å². The van der Waals surface area contributed by atoms with E-state index >= 15 is 0 Å². The van der Waals surface area contributed by atoms with Crippen LogP contribution in [0.3, 0.4) is 0 Å². The third-order valence-corrected chi connectivity index (χ3v) is 1.72. The first-order valence-electron chi connectivity index (χ1n) is 4.77. The van der Waals surface area contributed by atoms with Crippen LogP contribution in [0.4, 0.5) is 0 Å². The van der Waals surface area contributed by atoms with Gasteiger partial charge < -0.3 is 30.6 Å². The molecule has 6 N–H and O–H groups in total. The van der Waals surface area contributed by atoms with Crippen molar-refractivity contribution in [1.29, 1.82) is 0 Å². The lowest BCUT2D eigenvalue weighted by Crippen LogP contribution is -2.50. The maximum atomic E-state index is 8.39. The van der Waals surface area contributed by atoms with Crippen molar-refractivity contribution < 1.29 is 24.9 Å². The van der Waals surface area contributed by atoms with E-state index in [1.165, 1.54) is 0 Å². The van der Waals surface area contributed by atoms with E-state index in [0.29, 0.717) is 0 Å². The number of aliphatic hydroxyl groups excluding tert-OH is 4. The number of aliphatic hydroxyl groups is 4. The second-order valence-corrected chi connectivity index (χ2v) is 4.57. The first-order valence-corrected chi connectivity index (χ1v) is 4.77. The van der Waals surface area contributed by atoms with Gasteiger partial charge in [0.25, 0.3) is 0 Å². The summed E-state index contributed by atoms with van der Waals surface area (Å²) in [6.45, 7) is -0.0937. The number of nitrogens with two attached hydrogens (primary N) is 1. The van der Waals surface area contributed by atoms with Crippen molar-refractivity contribution in [3.05, 3.63) is 0 Å². The van der Waals surface area contributed by atoms with Gasteiger partial charge in [-0.3, -0.25) is 0 Å². The summed E-state index contributed by atoms with van der Waals surface area (Å²) in [6.07, 6.45) is 0. The lowest BCUT2D eigenvalue weighted by molar-refractivity contribution is -0.870. The van der Waals surface area contributed by atoms with E-state index in [9.17, 15) is 0 Å². The number of quaternary nitrogens is 1. The quantitative estimate of drug-likeness (QED) is 0.328. The van der Waals surface area contributed by atoms with E-state index < -0.39 is 25.4 Å². The van der Waals surface area contributed by atoms with E-state index in [1.807, 2.05) is 0 Å². The van der Waals surface area contributed by atoms with E-state index in [0.717, 1.165) is 11.0 Å². The minimum Gasteiger partial charge on any atom is -0.394 e. The fourth-order valence-corrected chi connectivity index (χ4v) is 0.450. The second kappa shape index (κ2) is 7.98. The van der Waals surface area contributed by atoms with Gasteiger partial charge in [-0.05, 0) is 0 Å². The lowest BCUT2D eigenvalue weighted by atomic mass is 10.1. The molecule has 6 heteroatoms. The van der Waals surface area contributed by atoms with Gasteiger partial charge >= 0.3 is 0 Å². The molecule has 0 atom stereocenters. The monoisotopic (exact) mass is 225 g/mol. The normalized spacial score (nSPS) is 12.0. The average Bonchev–Trinajstić information content (AvgIpc) is 2.16. The van der Waals surface area contributed by atoms with Crippen molar-refractivity contribution in [3.8, 4) is 0 Å². The summed E-state index contributed by atoms with van der Waals surface area (Å²) in [7, 11) is 6.16. The van der Waals surface area contributed by atoms with Crippen LogP contribution in [0.5, 0.6) is 0 Å². The molecule has 0 aromatic carbocycles. The molecule has 0 amide bonds. The zero-order chi connectivity index (χ0) is 12.5. The molecule has 6 nitrogen and oxygen atoms in total. The molecule has 0 aromatic rings. The number of hydrogen-bond acceptors (Lipinski definition) is 5. The van der Waals surface area contributed by atoms with Crippen LogP contribution in [0.15, 0.2) is 0 Å². The molecule has 15 heavy (non-hydrogen) atoms. The molecular formula is C9H25N2O4+. The van der Waals surface area contributed by atoms with E-state index in [-0.39, 0.29) is 6.61 Å². The van der Waals surface area contributed by atoms with Crippen LogP contribution in [-0.2, 0) is 0 Å². The Morgan fingerprint density at radius 2 is 1.27 bits per heavy atom. The molecule has 0 unspecified atom stereocenters. The molecule has 0 fully saturated rings.